The molecule has 0 aliphatic rings. The van der Waals surface area contributed by atoms with Crippen LogP contribution in [0.15, 0.2) is 41.1 Å². The summed E-state index contributed by atoms with van der Waals surface area (Å²) in [6.45, 7) is 4.56. The third kappa shape index (κ3) is 10.8. The van der Waals surface area contributed by atoms with Crippen LogP contribution in [-0.4, -0.2) is 11.9 Å². The number of carboxylic acids is 2. The fraction of sp³-hybridized carbons (Fsp3) is 0.400. The average Bonchev–Trinajstić information content (AvgIpc) is 3.13. The van der Waals surface area contributed by atoms with E-state index in [9.17, 15) is 19.8 Å². The molecule has 0 saturated heterocycles. The van der Waals surface area contributed by atoms with Crippen molar-refractivity contribution in [1.29, 1.82) is 0 Å². The van der Waals surface area contributed by atoms with Crippen LogP contribution in [0.25, 0.3) is 0 Å². The first-order chi connectivity index (χ1) is 12.0. The molecule has 136 valence electrons. The summed E-state index contributed by atoms with van der Waals surface area (Å²) in [5, 5.41) is 25.2. The first-order valence-electron chi connectivity index (χ1n) is 8.55. The van der Waals surface area contributed by atoms with Gasteiger partial charge in [0.2, 0.25) is 0 Å². The van der Waals surface area contributed by atoms with Crippen LogP contribution in [0.1, 0.15) is 78.1 Å². The van der Waals surface area contributed by atoms with Gasteiger partial charge < -0.3 is 19.8 Å². The smallest absolute Gasteiger partial charge is 0.545 e. The first kappa shape index (κ1) is 29.1. The monoisotopic (exact) mass is 406 g/mol. The molecule has 1 unspecified atom stereocenters. The van der Waals surface area contributed by atoms with Gasteiger partial charge in [0.15, 0.2) is 0 Å². The quantitative estimate of drug-likeness (QED) is 0.445. The molecule has 7 heteroatoms. The fourth-order valence-electron chi connectivity index (χ4n) is 2.62. The Morgan fingerprint density at radius 2 is 1.48 bits per heavy atom. The largest absolute Gasteiger partial charge is 1.00 e. The SMILES string of the molecule is CCCCC(CCC)c1ccsc1.O=C([O-])c1ccccc1C(=O)[O-].[Na+].[Na+]. The van der Waals surface area contributed by atoms with E-state index in [0.29, 0.717) is 0 Å². The molecule has 2 aromatic rings. The van der Waals surface area contributed by atoms with Crippen LogP contribution in [0.3, 0.4) is 0 Å². The van der Waals surface area contributed by atoms with Gasteiger partial charge in [-0.05, 0) is 41.1 Å². The Balaban J connectivity index is 0. The Morgan fingerprint density at radius 3 is 1.85 bits per heavy atom. The van der Waals surface area contributed by atoms with Gasteiger partial charge in [0.05, 0.1) is 11.9 Å². The second-order valence-corrected chi connectivity index (χ2v) is 6.59. The number of carbonyl (C=O) groups is 2. The van der Waals surface area contributed by atoms with Crippen molar-refractivity contribution in [2.45, 2.75) is 51.9 Å². The second kappa shape index (κ2) is 16.8. The van der Waals surface area contributed by atoms with Gasteiger partial charge in [-0.2, -0.15) is 11.3 Å². The normalized spacial score (nSPS) is 10.4. The topological polar surface area (TPSA) is 80.3 Å². The summed E-state index contributed by atoms with van der Waals surface area (Å²) in [5.41, 5.74) is 0.843. The molecule has 0 N–H and O–H groups in total. The van der Waals surface area contributed by atoms with Crippen molar-refractivity contribution in [2.75, 3.05) is 0 Å². The number of benzene rings is 1. The van der Waals surface area contributed by atoms with Gasteiger partial charge in [0, 0.05) is 11.1 Å². The molecule has 0 bridgehead atoms. The second-order valence-electron chi connectivity index (χ2n) is 5.81. The van der Waals surface area contributed by atoms with Crippen molar-refractivity contribution in [3.8, 4) is 0 Å². The molecule has 1 aromatic carbocycles. The minimum absolute atomic E-state index is 0. The van der Waals surface area contributed by atoms with Crippen molar-refractivity contribution >= 4 is 23.3 Å². The maximum absolute atomic E-state index is 10.3. The summed E-state index contributed by atoms with van der Waals surface area (Å²) in [6.07, 6.45) is 6.74. The number of carboxylic acid groups (broad SMARTS) is 2. The molecule has 27 heavy (non-hydrogen) atoms. The Hall–Kier alpha value is -0.140. The molecule has 4 nitrogen and oxygen atoms in total. The van der Waals surface area contributed by atoms with Crippen LogP contribution in [0.4, 0.5) is 0 Å². The van der Waals surface area contributed by atoms with E-state index in [1.54, 1.807) is 5.56 Å². The van der Waals surface area contributed by atoms with Gasteiger partial charge in [0.25, 0.3) is 0 Å². The van der Waals surface area contributed by atoms with Crippen molar-refractivity contribution in [3.05, 3.63) is 57.8 Å². The fourth-order valence-corrected chi connectivity index (χ4v) is 3.37. The minimum atomic E-state index is -1.52. The van der Waals surface area contributed by atoms with Crippen molar-refractivity contribution in [1.82, 2.24) is 0 Å². The molecule has 0 aliphatic carbocycles. The van der Waals surface area contributed by atoms with E-state index < -0.39 is 11.9 Å². The third-order valence-corrected chi connectivity index (χ3v) is 4.63. The average molecular weight is 406 g/mol. The Morgan fingerprint density at radius 1 is 0.926 bits per heavy atom. The predicted molar refractivity (Wildman–Crippen MR) is 96.6 cm³/mol. The Bertz CT molecular complexity index is 627. The molecule has 1 heterocycles. The van der Waals surface area contributed by atoms with Crippen LogP contribution in [0.5, 0.6) is 0 Å². The van der Waals surface area contributed by atoms with Crippen LogP contribution >= 0.6 is 11.3 Å². The number of hydrogen-bond donors (Lipinski definition) is 0. The summed E-state index contributed by atoms with van der Waals surface area (Å²) >= 11 is 1.83. The maximum Gasteiger partial charge on any atom is 1.00 e. The number of hydrogen-bond acceptors (Lipinski definition) is 5. The van der Waals surface area contributed by atoms with Crippen molar-refractivity contribution in [3.63, 3.8) is 0 Å². The van der Waals surface area contributed by atoms with E-state index in [0.717, 1.165) is 18.1 Å². The van der Waals surface area contributed by atoms with E-state index >= 15 is 0 Å². The molecule has 1 atom stereocenters. The number of rotatable bonds is 8. The van der Waals surface area contributed by atoms with Crippen molar-refractivity contribution < 1.29 is 78.9 Å². The molecule has 2 rings (SSSR count). The van der Waals surface area contributed by atoms with E-state index in [2.05, 4.69) is 30.7 Å². The number of unbranched alkanes of at least 4 members (excludes halogenated alkanes) is 1. The van der Waals surface area contributed by atoms with E-state index in [4.69, 9.17) is 0 Å². The van der Waals surface area contributed by atoms with E-state index in [1.807, 2.05) is 11.3 Å². The van der Waals surface area contributed by atoms with Gasteiger partial charge in [0.1, 0.15) is 0 Å². The Kier molecular flexibility index (Phi) is 18.1. The van der Waals surface area contributed by atoms with Crippen LogP contribution < -0.4 is 69.3 Å². The summed E-state index contributed by atoms with van der Waals surface area (Å²) in [7, 11) is 0. The van der Waals surface area contributed by atoms with Gasteiger partial charge in [-0.1, -0.05) is 57.4 Å². The third-order valence-electron chi connectivity index (χ3n) is 3.92. The number of thiophene rings is 1. The Labute approximate surface area is 210 Å². The molecule has 0 saturated carbocycles. The molecular formula is C20H24Na2O4S. The summed E-state index contributed by atoms with van der Waals surface area (Å²) < 4.78 is 0. The van der Waals surface area contributed by atoms with Crippen LogP contribution in [0.2, 0.25) is 0 Å². The van der Waals surface area contributed by atoms with Gasteiger partial charge in [-0.3, -0.25) is 0 Å². The zero-order valence-electron chi connectivity index (χ0n) is 16.7. The number of carbonyl (C=O) groups excluding carboxylic acids is 2. The standard InChI is InChI=1S/C12H20S.C8H6O4.2Na/c1-3-5-7-11(6-4-2)12-8-9-13-10-12;9-7(10)5-3-1-2-4-6(5)8(11)12;;/h8-11H,3-7H2,1-2H3;1-4H,(H,9,10)(H,11,12);;/q;;2*+1/p-2. The summed E-state index contributed by atoms with van der Waals surface area (Å²) in [6, 6.07) is 7.43. The van der Waals surface area contributed by atoms with E-state index in [-0.39, 0.29) is 70.2 Å². The zero-order valence-corrected chi connectivity index (χ0v) is 21.5. The molecule has 0 radical (unpaired) electrons. The van der Waals surface area contributed by atoms with Crippen LogP contribution in [0, 0.1) is 0 Å². The molecule has 0 fully saturated rings. The van der Waals surface area contributed by atoms with Gasteiger partial charge in [-0.15, -0.1) is 0 Å². The van der Waals surface area contributed by atoms with Crippen LogP contribution in [-0.2, 0) is 0 Å². The van der Waals surface area contributed by atoms with Gasteiger partial charge in [-0.25, -0.2) is 0 Å². The van der Waals surface area contributed by atoms with Gasteiger partial charge >= 0.3 is 59.1 Å². The minimum Gasteiger partial charge on any atom is -0.545 e. The predicted octanol–water partition coefficient (Wildman–Crippen LogP) is -2.76. The number of aromatic carboxylic acids is 2. The molecule has 0 spiro atoms. The summed E-state index contributed by atoms with van der Waals surface area (Å²) in [5.74, 6) is -2.21. The maximum atomic E-state index is 10.3. The first-order valence-corrected chi connectivity index (χ1v) is 9.49. The summed E-state index contributed by atoms with van der Waals surface area (Å²) in [4.78, 5) is 20.6. The van der Waals surface area contributed by atoms with E-state index in [1.165, 1.54) is 44.2 Å². The van der Waals surface area contributed by atoms with Crippen molar-refractivity contribution in [2.24, 2.45) is 0 Å². The zero-order chi connectivity index (χ0) is 18.7. The molecule has 0 amide bonds. The molecule has 1 aromatic heterocycles. The molecule has 0 aliphatic heterocycles. The molecular weight excluding hydrogens is 382 g/mol.